The summed E-state index contributed by atoms with van der Waals surface area (Å²) in [6, 6.07) is 8.86. The lowest BCUT2D eigenvalue weighted by Crippen LogP contribution is -2.39. The van der Waals surface area contributed by atoms with Crippen LogP contribution in [0.4, 0.5) is 5.69 Å². The number of ether oxygens (including phenoxy) is 1. The number of amides is 1. The van der Waals surface area contributed by atoms with Crippen LogP contribution in [-0.4, -0.2) is 41.9 Å². The van der Waals surface area contributed by atoms with E-state index >= 15 is 0 Å². The van der Waals surface area contributed by atoms with Crippen molar-refractivity contribution in [1.29, 1.82) is 0 Å². The molecule has 1 aromatic heterocycles. The molecule has 0 bridgehead atoms. The Labute approximate surface area is 191 Å². The van der Waals surface area contributed by atoms with Crippen LogP contribution in [-0.2, 0) is 9.53 Å². The Kier molecular flexibility index (Phi) is 6.77. The van der Waals surface area contributed by atoms with E-state index in [1.54, 1.807) is 0 Å². The molecule has 0 spiro atoms. The first kappa shape index (κ1) is 21.5. The van der Waals surface area contributed by atoms with Gasteiger partial charge in [-0.25, -0.2) is 4.68 Å². The minimum atomic E-state index is 0.0843. The van der Waals surface area contributed by atoms with Gasteiger partial charge in [0.15, 0.2) is 0 Å². The maximum absolute atomic E-state index is 12.3. The van der Waals surface area contributed by atoms with Crippen molar-refractivity contribution in [3.8, 4) is 11.1 Å². The van der Waals surface area contributed by atoms with Crippen LogP contribution in [0.1, 0.15) is 64.0 Å². The van der Waals surface area contributed by atoms with E-state index in [0.717, 1.165) is 70.3 Å². The molecule has 2 aliphatic heterocycles. The van der Waals surface area contributed by atoms with Gasteiger partial charge in [-0.05, 0) is 68.6 Å². The van der Waals surface area contributed by atoms with E-state index < -0.39 is 0 Å². The van der Waals surface area contributed by atoms with E-state index in [-0.39, 0.29) is 12.1 Å². The number of hydrogen-bond donors (Lipinski definition) is 1. The normalized spacial score (nSPS) is 22.9. The number of nitrogens with one attached hydrogen (secondary N) is 1. The Morgan fingerprint density at radius 3 is 2.44 bits per heavy atom. The Hall–Kier alpha value is -2.34. The number of rotatable bonds is 6. The summed E-state index contributed by atoms with van der Waals surface area (Å²) in [5.41, 5.74) is 3.62. The van der Waals surface area contributed by atoms with Gasteiger partial charge in [0.1, 0.15) is 6.23 Å². The highest BCUT2D eigenvalue weighted by molar-refractivity contribution is 5.78. The number of hydrogen-bond acceptors (Lipinski definition) is 4. The topological polar surface area (TPSA) is 59.4 Å². The summed E-state index contributed by atoms with van der Waals surface area (Å²) in [7, 11) is 0. The highest BCUT2D eigenvalue weighted by Crippen LogP contribution is 2.29. The quantitative estimate of drug-likeness (QED) is 0.708. The van der Waals surface area contributed by atoms with Gasteiger partial charge in [0.25, 0.3) is 0 Å². The zero-order chi connectivity index (χ0) is 21.8. The number of carbonyl (C=O) groups is 1. The van der Waals surface area contributed by atoms with Crippen molar-refractivity contribution in [1.82, 2.24) is 15.1 Å². The monoisotopic (exact) mass is 436 g/mol. The molecule has 1 atom stereocenters. The third-order valence-electron chi connectivity index (χ3n) is 7.52. The van der Waals surface area contributed by atoms with E-state index in [1.165, 1.54) is 30.5 Å². The fourth-order valence-electron chi connectivity index (χ4n) is 5.41. The molecule has 6 heteroatoms. The van der Waals surface area contributed by atoms with Crippen molar-refractivity contribution < 1.29 is 9.53 Å². The fraction of sp³-hybridized carbons (Fsp3) is 0.615. The lowest BCUT2D eigenvalue weighted by molar-refractivity contribution is -0.125. The Balaban J connectivity index is 1.11. The van der Waals surface area contributed by atoms with Crippen LogP contribution < -0.4 is 10.2 Å². The molecule has 2 saturated heterocycles. The largest absolute Gasteiger partial charge is 0.372 e. The predicted molar refractivity (Wildman–Crippen MR) is 126 cm³/mol. The van der Waals surface area contributed by atoms with Crippen molar-refractivity contribution in [2.45, 2.75) is 64.0 Å². The molecule has 32 heavy (non-hydrogen) atoms. The molecule has 1 N–H and O–H groups in total. The first-order valence-electron chi connectivity index (χ1n) is 12.5. The first-order valence-corrected chi connectivity index (χ1v) is 12.5. The molecule has 2 aromatic rings. The van der Waals surface area contributed by atoms with Gasteiger partial charge in [0.2, 0.25) is 5.91 Å². The maximum Gasteiger partial charge on any atom is 0.223 e. The van der Waals surface area contributed by atoms with E-state index in [9.17, 15) is 4.79 Å². The minimum Gasteiger partial charge on any atom is -0.372 e. The van der Waals surface area contributed by atoms with Crippen molar-refractivity contribution in [2.24, 2.45) is 11.8 Å². The van der Waals surface area contributed by atoms with Crippen LogP contribution in [0.25, 0.3) is 11.1 Å². The van der Waals surface area contributed by atoms with Gasteiger partial charge in [-0.1, -0.05) is 25.0 Å². The van der Waals surface area contributed by atoms with Gasteiger partial charge >= 0.3 is 0 Å². The molecule has 1 saturated carbocycles. The van der Waals surface area contributed by atoms with Crippen LogP contribution in [0.2, 0.25) is 0 Å². The molecular formula is C26H36N4O2. The van der Waals surface area contributed by atoms with E-state index in [4.69, 9.17) is 4.74 Å². The number of benzene rings is 1. The molecule has 6 nitrogen and oxygen atoms in total. The number of piperidine rings is 1. The Bertz CT molecular complexity index is 873. The van der Waals surface area contributed by atoms with Gasteiger partial charge in [0, 0.05) is 49.6 Å². The average molecular weight is 437 g/mol. The van der Waals surface area contributed by atoms with Gasteiger partial charge in [-0.15, -0.1) is 0 Å². The summed E-state index contributed by atoms with van der Waals surface area (Å²) in [5, 5.41) is 7.77. The Morgan fingerprint density at radius 2 is 1.72 bits per heavy atom. The number of nitrogens with zero attached hydrogens (tertiary/aromatic N) is 3. The van der Waals surface area contributed by atoms with Gasteiger partial charge < -0.3 is 15.0 Å². The first-order chi connectivity index (χ1) is 15.8. The smallest absolute Gasteiger partial charge is 0.223 e. The van der Waals surface area contributed by atoms with Crippen molar-refractivity contribution in [2.75, 3.05) is 31.1 Å². The lowest BCUT2D eigenvalue weighted by Gasteiger charge is -2.34. The highest BCUT2D eigenvalue weighted by Gasteiger charge is 2.25. The molecule has 3 fully saturated rings. The van der Waals surface area contributed by atoms with Crippen LogP contribution in [0.3, 0.4) is 0 Å². The SMILES string of the molecule is O=C(NCC1CCN(c2ccc(-c3cnn(C4CCCCO4)c3)cc2)CC1)C1CCCC1. The lowest BCUT2D eigenvalue weighted by atomic mass is 9.95. The number of aromatic nitrogens is 2. The van der Waals surface area contributed by atoms with E-state index in [0.29, 0.717) is 11.8 Å². The van der Waals surface area contributed by atoms with Crippen LogP contribution in [0.5, 0.6) is 0 Å². The molecule has 3 heterocycles. The van der Waals surface area contributed by atoms with Crippen molar-refractivity contribution in [3.63, 3.8) is 0 Å². The third-order valence-corrected chi connectivity index (χ3v) is 7.52. The third kappa shape index (κ3) is 5.01. The minimum absolute atomic E-state index is 0.0843. The van der Waals surface area contributed by atoms with Crippen LogP contribution in [0.15, 0.2) is 36.7 Å². The number of anilines is 1. The average Bonchev–Trinajstić information content (AvgIpc) is 3.57. The van der Waals surface area contributed by atoms with E-state index in [1.807, 2.05) is 10.9 Å². The molecule has 3 aliphatic rings. The molecule has 1 amide bonds. The van der Waals surface area contributed by atoms with Gasteiger partial charge in [-0.3, -0.25) is 4.79 Å². The summed E-state index contributed by atoms with van der Waals surface area (Å²) in [4.78, 5) is 14.8. The molecular weight excluding hydrogens is 400 g/mol. The summed E-state index contributed by atoms with van der Waals surface area (Å²) >= 11 is 0. The second-order valence-electron chi connectivity index (χ2n) is 9.73. The molecule has 1 aromatic carbocycles. The predicted octanol–water partition coefficient (Wildman–Crippen LogP) is 4.77. The van der Waals surface area contributed by atoms with Crippen LogP contribution >= 0.6 is 0 Å². The molecule has 0 radical (unpaired) electrons. The summed E-state index contributed by atoms with van der Waals surface area (Å²) in [6.07, 6.45) is 14.4. The zero-order valence-electron chi connectivity index (χ0n) is 19.0. The van der Waals surface area contributed by atoms with E-state index in [2.05, 4.69) is 45.8 Å². The number of carbonyl (C=O) groups excluding carboxylic acids is 1. The van der Waals surface area contributed by atoms with Crippen LogP contribution in [0, 0.1) is 11.8 Å². The Morgan fingerprint density at radius 1 is 0.969 bits per heavy atom. The fourth-order valence-corrected chi connectivity index (χ4v) is 5.41. The van der Waals surface area contributed by atoms with Crippen molar-refractivity contribution >= 4 is 11.6 Å². The standard InChI is InChI=1S/C26H36N4O2/c31-26(22-5-1-2-6-22)27-17-20-12-14-29(15-13-20)24-10-8-21(9-11-24)23-18-28-30(19-23)25-7-3-4-16-32-25/h8-11,18-20,22,25H,1-7,12-17H2,(H,27,31). The molecule has 1 unspecified atom stereocenters. The zero-order valence-corrected chi connectivity index (χ0v) is 19.0. The maximum atomic E-state index is 12.3. The molecule has 5 rings (SSSR count). The van der Waals surface area contributed by atoms with Crippen molar-refractivity contribution in [3.05, 3.63) is 36.7 Å². The highest BCUT2D eigenvalue weighted by atomic mass is 16.5. The molecule has 172 valence electrons. The molecule has 1 aliphatic carbocycles. The summed E-state index contributed by atoms with van der Waals surface area (Å²) < 4.78 is 7.82. The summed E-state index contributed by atoms with van der Waals surface area (Å²) in [5.74, 6) is 1.17. The second kappa shape index (κ2) is 10.1. The second-order valence-corrected chi connectivity index (χ2v) is 9.73. The summed E-state index contributed by atoms with van der Waals surface area (Å²) in [6.45, 7) is 3.79. The van der Waals surface area contributed by atoms with Gasteiger partial charge in [-0.2, -0.15) is 5.10 Å². The van der Waals surface area contributed by atoms with Gasteiger partial charge in [0.05, 0.1) is 6.20 Å².